The van der Waals surface area contributed by atoms with E-state index in [4.69, 9.17) is 27.9 Å². The first-order valence-corrected chi connectivity index (χ1v) is 8.79. The minimum absolute atomic E-state index is 0.319. The van der Waals surface area contributed by atoms with E-state index in [0.717, 1.165) is 24.2 Å². The molecule has 0 saturated carbocycles. The van der Waals surface area contributed by atoms with Gasteiger partial charge in [-0.3, -0.25) is 0 Å². The van der Waals surface area contributed by atoms with E-state index in [1.807, 2.05) is 49.4 Å². The first-order valence-electron chi connectivity index (χ1n) is 8.04. The fraction of sp³-hybridized carbons (Fsp3) is 0.300. The van der Waals surface area contributed by atoms with Gasteiger partial charge in [0.05, 0.1) is 16.1 Å². The number of aryl methyl sites for hydroxylation is 1. The van der Waals surface area contributed by atoms with Crippen LogP contribution in [0.1, 0.15) is 30.4 Å². The molecule has 0 heterocycles. The molecular formula is C20H22Cl2O2. The van der Waals surface area contributed by atoms with Crippen LogP contribution in [0.15, 0.2) is 48.5 Å². The Labute approximate surface area is 153 Å². The van der Waals surface area contributed by atoms with Gasteiger partial charge in [-0.15, -0.1) is 0 Å². The largest absolute Gasteiger partial charge is 0.491 e. The standard InChI is InChI=1S/C20H22Cl2O2/c1-15-7-10-18(11-8-15)24-14-17(23)6-4-2-3-5-16-9-12-19(21)20(22)13-16/h3,5,7-13,17,23H,2,4,6,14H2,1H3/b5-3+. The second kappa shape index (κ2) is 9.73. The number of aliphatic hydroxyl groups is 1. The zero-order valence-corrected chi connectivity index (χ0v) is 15.2. The number of allylic oxidation sites excluding steroid dienone is 1. The molecule has 24 heavy (non-hydrogen) atoms. The summed E-state index contributed by atoms with van der Waals surface area (Å²) in [7, 11) is 0. The van der Waals surface area contributed by atoms with Gasteiger partial charge in [0.2, 0.25) is 0 Å². The molecule has 0 amide bonds. The van der Waals surface area contributed by atoms with Crippen molar-refractivity contribution < 1.29 is 9.84 Å². The highest BCUT2D eigenvalue weighted by Gasteiger charge is 2.04. The number of halogens is 2. The molecule has 1 unspecified atom stereocenters. The van der Waals surface area contributed by atoms with Crippen molar-refractivity contribution in [2.24, 2.45) is 0 Å². The monoisotopic (exact) mass is 364 g/mol. The van der Waals surface area contributed by atoms with E-state index >= 15 is 0 Å². The molecule has 4 heteroatoms. The van der Waals surface area contributed by atoms with Crippen LogP contribution in [0, 0.1) is 6.92 Å². The van der Waals surface area contributed by atoms with Gasteiger partial charge in [0.25, 0.3) is 0 Å². The van der Waals surface area contributed by atoms with Crippen molar-refractivity contribution in [3.8, 4) is 5.75 Å². The topological polar surface area (TPSA) is 29.5 Å². The van der Waals surface area contributed by atoms with Gasteiger partial charge >= 0.3 is 0 Å². The lowest BCUT2D eigenvalue weighted by molar-refractivity contribution is 0.0984. The van der Waals surface area contributed by atoms with Crippen LogP contribution in [-0.2, 0) is 0 Å². The highest BCUT2D eigenvalue weighted by Crippen LogP contribution is 2.23. The summed E-state index contributed by atoms with van der Waals surface area (Å²) in [5.74, 6) is 0.791. The van der Waals surface area contributed by atoms with Crippen LogP contribution in [0.3, 0.4) is 0 Å². The van der Waals surface area contributed by atoms with Gasteiger partial charge in [-0.2, -0.15) is 0 Å². The number of hydrogen-bond donors (Lipinski definition) is 1. The fourth-order valence-corrected chi connectivity index (χ4v) is 2.52. The second-order valence-corrected chi connectivity index (χ2v) is 6.60. The lowest BCUT2D eigenvalue weighted by Crippen LogP contribution is -2.17. The molecule has 128 valence electrons. The third-order valence-electron chi connectivity index (χ3n) is 3.63. The van der Waals surface area contributed by atoms with Crippen LogP contribution in [-0.4, -0.2) is 17.8 Å². The Bertz CT molecular complexity index is 666. The summed E-state index contributed by atoms with van der Waals surface area (Å²) in [6.45, 7) is 2.35. The molecule has 0 aromatic heterocycles. The SMILES string of the molecule is Cc1ccc(OCC(O)CCC/C=C/c2ccc(Cl)c(Cl)c2)cc1. The van der Waals surface area contributed by atoms with Crippen molar-refractivity contribution in [1.29, 1.82) is 0 Å². The van der Waals surface area contributed by atoms with Gasteiger partial charge in [0.1, 0.15) is 12.4 Å². The number of benzene rings is 2. The zero-order chi connectivity index (χ0) is 17.4. The molecule has 2 aromatic carbocycles. The molecule has 0 aliphatic heterocycles. The maximum absolute atomic E-state index is 9.97. The summed E-state index contributed by atoms with van der Waals surface area (Å²) in [4.78, 5) is 0. The molecule has 2 nitrogen and oxygen atoms in total. The normalized spacial score (nSPS) is 12.5. The molecule has 0 aliphatic carbocycles. The first-order chi connectivity index (χ1) is 11.5. The van der Waals surface area contributed by atoms with Gasteiger partial charge in [-0.25, -0.2) is 0 Å². The summed E-state index contributed by atoms with van der Waals surface area (Å²) in [5, 5.41) is 11.1. The molecule has 0 fully saturated rings. The van der Waals surface area contributed by atoms with Gasteiger partial charge in [0.15, 0.2) is 0 Å². The highest BCUT2D eigenvalue weighted by molar-refractivity contribution is 6.42. The van der Waals surface area contributed by atoms with E-state index in [9.17, 15) is 5.11 Å². The number of hydrogen-bond acceptors (Lipinski definition) is 2. The van der Waals surface area contributed by atoms with Crippen LogP contribution >= 0.6 is 23.2 Å². The Hall–Kier alpha value is -1.48. The lowest BCUT2D eigenvalue weighted by Gasteiger charge is -2.12. The molecule has 0 spiro atoms. The first kappa shape index (κ1) is 18.9. The summed E-state index contributed by atoms with van der Waals surface area (Å²) in [5.41, 5.74) is 2.21. The number of ether oxygens (including phenoxy) is 1. The highest BCUT2D eigenvalue weighted by atomic mass is 35.5. The Morgan fingerprint density at radius 2 is 1.83 bits per heavy atom. The Kier molecular flexibility index (Phi) is 7.64. The molecule has 2 rings (SSSR count). The van der Waals surface area contributed by atoms with Crippen molar-refractivity contribution in [2.75, 3.05) is 6.61 Å². The van der Waals surface area contributed by atoms with Gasteiger partial charge < -0.3 is 9.84 Å². The van der Waals surface area contributed by atoms with E-state index in [1.165, 1.54) is 5.56 Å². The molecular weight excluding hydrogens is 343 g/mol. The average molecular weight is 365 g/mol. The van der Waals surface area contributed by atoms with Crippen LogP contribution in [0.2, 0.25) is 10.0 Å². The Morgan fingerprint density at radius 3 is 2.54 bits per heavy atom. The van der Waals surface area contributed by atoms with Gasteiger partial charge in [0, 0.05) is 0 Å². The van der Waals surface area contributed by atoms with E-state index in [2.05, 4.69) is 6.08 Å². The van der Waals surface area contributed by atoms with E-state index in [1.54, 1.807) is 6.07 Å². The van der Waals surface area contributed by atoms with Crippen LogP contribution in [0.5, 0.6) is 5.75 Å². The quantitative estimate of drug-likeness (QED) is 0.588. The maximum Gasteiger partial charge on any atom is 0.119 e. The summed E-state index contributed by atoms with van der Waals surface area (Å²) < 4.78 is 5.58. The van der Waals surface area contributed by atoms with Crippen molar-refractivity contribution in [1.82, 2.24) is 0 Å². The molecule has 2 aromatic rings. The molecule has 1 atom stereocenters. The van der Waals surface area contributed by atoms with Crippen molar-refractivity contribution >= 4 is 29.3 Å². The van der Waals surface area contributed by atoms with Crippen LogP contribution in [0.4, 0.5) is 0 Å². The van der Waals surface area contributed by atoms with Gasteiger partial charge in [-0.1, -0.05) is 59.1 Å². The Morgan fingerprint density at radius 1 is 1.08 bits per heavy atom. The second-order valence-electron chi connectivity index (χ2n) is 5.78. The number of unbranched alkanes of at least 4 members (excludes halogenated alkanes) is 1. The van der Waals surface area contributed by atoms with Crippen LogP contribution in [0.25, 0.3) is 6.08 Å². The van der Waals surface area contributed by atoms with Crippen LogP contribution < -0.4 is 4.74 Å². The predicted molar refractivity (Wildman–Crippen MR) is 102 cm³/mol. The average Bonchev–Trinajstić information content (AvgIpc) is 2.57. The minimum Gasteiger partial charge on any atom is -0.491 e. The van der Waals surface area contributed by atoms with Crippen molar-refractivity contribution in [3.63, 3.8) is 0 Å². The maximum atomic E-state index is 9.97. The molecule has 0 saturated heterocycles. The molecule has 0 aliphatic rings. The third kappa shape index (κ3) is 6.56. The van der Waals surface area contributed by atoms with Crippen molar-refractivity contribution in [3.05, 3.63) is 69.7 Å². The van der Waals surface area contributed by atoms with E-state index in [-0.39, 0.29) is 0 Å². The summed E-state index contributed by atoms with van der Waals surface area (Å²) >= 11 is 11.9. The molecule has 0 bridgehead atoms. The number of aliphatic hydroxyl groups excluding tert-OH is 1. The lowest BCUT2D eigenvalue weighted by atomic mass is 10.1. The smallest absolute Gasteiger partial charge is 0.119 e. The summed E-state index contributed by atoms with van der Waals surface area (Å²) in [6, 6.07) is 13.4. The van der Waals surface area contributed by atoms with Gasteiger partial charge in [-0.05, 0) is 56.0 Å². The molecule has 0 radical (unpaired) electrons. The van der Waals surface area contributed by atoms with E-state index < -0.39 is 6.10 Å². The summed E-state index contributed by atoms with van der Waals surface area (Å²) in [6.07, 6.45) is 6.13. The fourth-order valence-electron chi connectivity index (χ4n) is 2.22. The van der Waals surface area contributed by atoms with E-state index in [0.29, 0.717) is 23.1 Å². The Balaban J connectivity index is 1.65. The number of rotatable bonds is 8. The van der Waals surface area contributed by atoms with Crippen molar-refractivity contribution in [2.45, 2.75) is 32.3 Å². The minimum atomic E-state index is -0.454. The zero-order valence-electron chi connectivity index (χ0n) is 13.7. The molecule has 1 N–H and O–H groups in total. The predicted octanol–water partition coefficient (Wildman–Crippen LogP) is 5.93. The third-order valence-corrected chi connectivity index (χ3v) is 4.36.